The van der Waals surface area contributed by atoms with Crippen LogP contribution < -0.4 is 5.32 Å². The Morgan fingerprint density at radius 1 is 1.00 bits per heavy atom. The minimum absolute atomic E-state index is 0.0326. The highest BCUT2D eigenvalue weighted by Gasteiger charge is 2.12. The summed E-state index contributed by atoms with van der Waals surface area (Å²) >= 11 is 0. The lowest BCUT2D eigenvalue weighted by Gasteiger charge is -2.22. The molecule has 1 aliphatic rings. The number of amides is 1. The fourth-order valence-electron chi connectivity index (χ4n) is 3.51. The van der Waals surface area contributed by atoms with Crippen LogP contribution in [0.1, 0.15) is 46.8 Å². The Kier molecular flexibility index (Phi) is 8.56. The molecule has 3 aromatic carbocycles. The monoisotopic (exact) mass is 427 g/mol. The first-order valence-corrected chi connectivity index (χ1v) is 11.0. The van der Waals surface area contributed by atoms with E-state index >= 15 is 0 Å². The van der Waals surface area contributed by atoms with Crippen LogP contribution in [0.4, 0.5) is 0 Å². The maximum absolute atomic E-state index is 11.9. The van der Waals surface area contributed by atoms with E-state index < -0.39 is 0 Å². The number of unbranched alkanes of at least 4 members (excludes halogenated alkanes) is 1. The number of hydroxylamine groups is 2. The van der Waals surface area contributed by atoms with Gasteiger partial charge in [0.25, 0.3) is 5.91 Å². The van der Waals surface area contributed by atoms with Crippen molar-refractivity contribution < 1.29 is 10.0 Å². The molecular weight excluding hydrogens is 398 g/mol. The average Bonchev–Trinajstić information content (AvgIpc) is 2.84. The highest BCUT2D eigenvalue weighted by atomic mass is 16.5. The third kappa shape index (κ3) is 6.52. The molecule has 0 aliphatic carbocycles. The van der Waals surface area contributed by atoms with E-state index in [1.54, 1.807) is 12.1 Å². The zero-order valence-corrected chi connectivity index (χ0v) is 18.4. The van der Waals surface area contributed by atoms with Crippen molar-refractivity contribution in [1.82, 2.24) is 10.4 Å². The molecule has 1 heterocycles. The molecule has 164 valence electrons. The SMILES string of the molecule is CCCCNC(=O)c1ccc(-c2ccc(C#N)cc2)cc1.ON1CCc2ccccc2C1. The predicted molar refractivity (Wildman–Crippen MR) is 126 cm³/mol. The van der Waals surface area contributed by atoms with Gasteiger partial charge in [0.15, 0.2) is 0 Å². The molecule has 5 heteroatoms. The molecule has 0 atom stereocenters. The van der Waals surface area contributed by atoms with Crippen molar-refractivity contribution in [3.63, 3.8) is 0 Å². The van der Waals surface area contributed by atoms with Crippen LogP contribution in [0.5, 0.6) is 0 Å². The second-order valence-electron chi connectivity index (χ2n) is 7.78. The summed E-state index contributed by atoms with van der Waals surface area (Å²) in [4.78, 5) is 11.9. The van der Waals surface area contributed by atoms with E-state index in [0.717, 1.165) is 36.9 Å². The van der Waals surface area contributed by atoms with Gasteiger partial charge in [-0.1, -0.05) is 61.9 Å². The normalized spacial score (nSPS) is 12.7. The summed E-state index contributed by atoms with van der Waals surface area (Å²) in [5.74, 6) is -0.0326. The Morgan fingerprint density at radius 2 is 1.62 bits per heavy atom. The summed E-state index contributed by atoms with van der Waals surface area (Å²) in [5, 5.41) is 22.2. The standard InChI is InChI=1S/C18H18N2O.C9H11NO/c1-2-3-12-20-18(21)17-10-8-16(9-11-17)15-6-4-14(13-19)5-7-15;11-10-6-5-8-3-1-2-4-9(8)7-10/h4-11H,2-3,12H2,1H3,(H,20,21);1-4,11H,5-7H2. The first kappa shape index (κ1) is 23.2. The molecule has 0 bridgehead atoms. The summed E-state index contributed by atoms with van der Waals surface area (Å²) in [6, 6.07) is 25.3. The first-order chi connectivity index (χ1) is 15.6. The van der Waals surface area contributed by atoms with Crippen molar-refractivity contribution in [2.45, 2.75) is 32.7 Å². The highest BCUT2D eigenvalue weighted by molar-refractivity contribution is 5.94. The van der Waals surface area contributed by atoms with E-state index in [4.69, 9.17) is 5.26 Å². The number of nitrogens with one attached hydrogen (secondary N) is 1. The predicted octanol–water partition coefficient (Wildman–Crippen LogP) is 5.19. The van der Waals surface area contributed by atoms with Gasteiger partial charge in [0.2, 0.25) is 0 Å². The molecule has 0 saturated heterocycles. The van der Waals surface area contributed by atoms with Crippen LogP contribution in [0.3, 0.4) is 0 Å². The number of carbonyl (C=O) groups is 1. The van der Waals surface area contributed by atoms with Gasteiger partial charge >= 0.3 is 0 Å². The number of rotatable bonds is 5. The molecule has 0 spiro atoms. The van der Waals surface area contributed by atoms with Crippen molar-refractivity contribution in [2.24, 2.45) is 0 Å². The molecule has 1 amide bonds. The Morgan fingerprint density at radius 3 is 2.25 bits per heavy atom. The van der Waals surface area contributed by atoms with E-state index in [1.165, 1.54) is 16.2 Å². The van der Waals surface area contributed by atoms with Crippen LogP contribution in [-0.2, 0) is 13.0 Å². The molecular formula is C27H29N3O2. The van der Waals surface area contributed by atoms with Gasteiger partial charge in [-0.15, -0.1) is 0 Å². The largest absolute Gasteiger partial charge is 0.352 e. The van der Waals surface area contributed by atoms with E-state index in [1.807, 2.05) is 48.5 Å². The summed E-state index contributed by atoms with van der Waals surface area (Å²) in [7, 11) is 0. The molecule has 32 heavy (non-hydrogen) atoms. The van der Waals surface area contributed by atoms with Crippen LogP contribution >= 0.6 is 0 Å². The number of hydrogen-bond donors (Lipinski definition) is 2. The number of hydrogen-bond acceptors (Lipinski definition) is 4. The summed E-state index contributed by atoms with van der Waals surface area (Å²) in [5.41, 5.74) is 6.00. The van der Waals surface area contributed by atoms with Crippen LogP contribution in [0.2, 0.25) is 0 Å². The molecule has 0 saturated carbocycles. The van der Waals surface area contributed by atoms with Crippen molar-refractivity contribution in [2.75, 3.05) is 13.1 Å². The zero-order valence-electron chi connectivity index (χ0n) is 18.4. The van der Waals surface area contributed by atoms with Gasteiger partial charge in [0, 0.05) is 25.2 Å². The number of nitriles is 1. The molecule has 5 nitrogen and oxygen atoms in total. The van der Waals surface area contributed by atoms with Crippen molar-refractivity contribution in [3.05, 3.63) is 95.1 Å². The van der Waals surface area contributed by atoms with Gasteiger partial charge in [-0.3, -0.25) is 4.79 Å². The average molecular weight is 428 g/mol. The molecule has 3 aromatic rings. The van der Waals surface area contributed by atoms with Crippen molar-refractivity contribution in [3.8, 4) is 17.2 Å². The Balaban J connectivity index is 0.000000219. The van der Waals surface area contributed by atoms with E-state index in [9.17, 15) is 10.0 Å². The lowest BCUT2D eigenvalue weighted by molar-refractivity contribution is -0.103. The second-order valence-corrected chi connectivity index (χ2v) is 7.78. The topological polar surface area (TPSA) is 76.4 Å². The molecule has 0 aromatic heterocycles. The van der Waals surface area contributed by atoms with Crippen molar-refractivity contribution >= 4 is 5.91 Å². The van der Waals surface area contributed by atoms with Crippen LogP contribution in [-0.4, -0.2) is 29.3 Å². The number of benzene rings is 3. The van der Waals surface area contributed by atoms with E-state index in [2.05, 4.69) is 30.4 Å². The minimum Gasteiger partial charge on any atom is -0.352 e. The fourth-order valence-corrected chi connectivity index (χ4v) is 3.51. The van der Waals surface area contributed by atoms with Gasteiger partial charge < -0.3 is 10.5 Å². The fraction of sp³-hybridized carbons (Fsp3) is 0.259. The van der Waals surface area contributed by atoms with E-state index in [-0.39, 0.29) is 5.91 Å². The van der Waals surface area contributed by atoms with Crippen molar-refractivity contribution in [1.29, 1.82) is 5.26 Å². The first-order valence-electron chi connectivity index (χ1n) is 11.0. The van der Waals surface area contributed by atoms with Crippen LogP contribution in [0.15, 0.2) is 72.8 Å². The third-order valence-electron chi connectivity index (χ3n) is 5.42. The Bertz CT molecular complexity index is 1050. The van der Waals surface area contributed by atoms with Gasteiger partial charge in [-0.2, -0.15) is 10.3 Å². The third-order valence-corrected chi connectivity index (χ3v) is 5.42. The van der Waals surface area contributed by atoms with Gasteiger partial charge in [0.05, 0.1) is 11.6 Å². The molecule has 1 aliphatic heterocycles. The summed E-state index contributed by atoms with van der Waals surface area (Å²) < 4.78 is 0. The second kappa shape index (κ2) is 11.8. The summed E-state index contributed by atoms with van der Waals surface area (Å²) in [6.07, 6.45) is 3.03. The molecule has 0 unspecified atom stereocenters. The quantitative estimate of drug-likeness (QED) is 0.550. The maximum atomic E-state index is 11.9. The Labute approximate surface area is 189 Å². The maximum Gasteiger partial charge on any atom is 0.251 e. The Hall–Kier alpha value is -3.46. The lowest BCUT2D eigenvalue weighted by atomic mass is 10.0. The number of nitrogens with zero attached hydrogens (tertiary/aromatic N) is 2. The summed E-state index contributed by atoms with van der Waals surface area (Å²) in [6.45, 7) is 4.25. The van der Waals surface area contributed by atoms with Crippen LogP contribution in [0.25, 0.3) is 11.1 Å². The molecule has 0 fully saturated rings. The molecule has 4 rings (SSSR count). The highest BCUT2D eigenvalue weighted by Crippen LogP contribution is 2.20. The van der Waals surface area contributed by atoms with Gasteiger partial charge in [-0.25, -0.2) is 0 Å². The van der Waals surface area contributed by atoms with Gasteiger partial charge in [0.1, 0.15) is 0 Å². The van der Waals surface area contributed by atoms with Crippen LogP contribution in [0, 0.1) is 11.3 Å². The molecule has 2 N–H and O–H groups in total. The lowest BCUT2D eigenvalue weighted by Crippen LogP contribution is -2.26. The number of carbonyl (C=O) groups excluding carboxylic acids is 1. The van der Waals surface area contributed by atoms with Gasteiger partial charge in [-0.05, 0) is 59.4 Å². The van der Waals surface area contributed by atoms with E-state index in [0.29, 0.717) is 24.2 Å². The zero-order chi connectivity index (χ0) is 22.8. The smallest absolute Gasteiger partial charge is 0.251 e. The minimum atomic E-state index is -0.0326. The number of fused-ring (bicyclic) bond motifs is 1. The molecule has 0 radical (unpaired) electrons.